The van der Waals surface area contributed by atoms with Gasteiger partial charge in [0.2, 0.25) is 5.88 Å². The minimum Gasteiger partial charge on any atom is -0.489 e. The van der Waals surface area contributed by atoms with Crippen LogP contribution in [0.2, 0.25) is 0 Å². The third-order valence-corrected chi connectivity index (χ3v) is 3.65. The third-order valence-electron chi connectivity index (χ3n) is 3.65. The van der Waals surface area contributed by atoms with E-state index in [9.17, 15) is 4.39 Å². The summed E-state index contributed by atoms with van der Waals surface area (Å²) in [6, 6.07) is 9.74. The van der Waals surface area contributed by atoms with Crippen molar-refractivity contribution in [3.8, 4) is 11.6 Å². The van der Waals surface area contributed by atoms with Crippen molar-refractivity contribution in [1.82, 2.24) is 4.98 Å². The zero-order valence-electron chi connectivity index (χ0n) is 12.3. The molecular weight excluding hydrogens is 285 g/mol. The van der Waals surface area contributed by atoms with E-state index >= 15 is 0 Å². The maximum Gasteiger partial charge on any atom is 0.238 e. The largest absolute Gasteiger partial charge is 0.489 e. The number of nitrogen functional groups attached to an aromatic ring is 1. The molecule has 1 aliphatic rings. The van der Waals surface area contributed by atoms with Crippen LogP contribution in [0.4, 0.5) is 15.9 Å². The van der Waals surface area contributed by atoms with Gasteiger partial charge in [-0.3, -0.25) is 0 Å². The van der Waals surface area contributed by atoms with Crippen LogP contribution in [-0.4, -0.2) is 31.3 Å². The maximum absolute atomic E-state index is 12.9. The average Bonchev–Trinajstić information content (AvgIpc) is 2.98. The van der Waals surface area contributed by atoms with Crippen LogP contribution in [0.5, 0.6) is 11.6 Å². The van der Waals surface area contributed by atoms with Gasteiger partial charge >= 0.3 is 0 Å². The molecule has 0 spiro atoms. The summed E-state index contributed by atoms with van der Waals surface area (Å²) in [5.41, 5.74) is 6.30. The number of nitrogens with zero attached hydrogens (tertiary/aromatic N) is 2. The van der Waals surface area contributed by atoms with Gasteiger partial charge in [-0.1, -0.05) is 0 Å². The summed E-state index contributed by atoms with van der Waals surface area (Å²) in [5.74, 6) is 1.66. The lowest BCUT2D eigenvalue weighted by atomic mass is 10.3. The molecule has 2 N–H and O–H groups in total. The third kappa shape index (κ3) is 3.05. The molecule has 2 heterocycles. The Kier molecular flexibility index (Phi) is 4.00. The Morgan fingerprint density at radius 1 is 1.23 bits per heavy atom. The molecule has 0 bridgehead atoms. The number of pyridine rings is 1. The first-order chi connectivity index (χ1) is 10.7. The van der Waals surface area contributed by atoms with Gasteiger partial charge in [-0.05, 0) is 36.4 Å². The molecule has 1 aromatic carbocycles. The fourth-order valence-corrected chi connectivity index (χ4v) is 2.52. The molecule has 1 aromatic heterocycles. The van der Waals surface area contributed by atoms with Crippen molar-refractivity contribution >= 4 is 11.5 Å². The lowest BCUT2D eigenvalue weighted by Crippen LogP contribution is -2.25. The van der Waals surface area contributed by atoms with E-state index in [1.165, 1.54) is 12.1 Å². The highest BCUT2D eigenvalue weighted by Gasteiger charge is 2.25. The maximum atomic E-state index is 12.9. The first kappa shape index (κ1) is 14.4. The van der Waals surface area contributed by atoms with Crippen LogP contribution >= 0.6 is 0 Å². The predicted octanol–water partition coefficient (Wildman–Crippen LogP) is 2.47. The monoisotopic (exact) mass is 303 g/mol. The summed E-state index contributed by atoms with van der Waals surface area (Å²) in [5, 5.41) is 0. The molecule has 22 heavy (non-hydrogen) atoms. The van der Waals surface area contributed by atoms with Crippen molar-refractivity contribution < 1.29 is 13.9 Å². The number of halogens is 1. The highest BCUT2D eigenvalue weighted by atomic mass is 19.1. The van der Waals surface area contributed by atoms with Crippen LogP contribution in [0.3, 0.4) is 0 Å². The van der Waals surface area contributed by atoms with Gasteiger partial charge in [0.25, 0.3) is 0 Å². The second-order valence-electron chi connectivity index (χ2n) is 5.20. The molecule has 0 amide bonds. The summed E-state index contributed by atoms with van der Waals surface area (Å²) in [6.07, 6.45) is 0.932. The normalized spacial score (nSPS) is 17.5. The molecule has 3 rings (SSSR count). The zero-order valence-corrected chi connectivity index (χ0v) is 12.3. The molecule has 0 radical (unpaired) electrons. The summed E-state index contributed by atoms with van der Waals surface area (Å²) in [6.45, 7) is 1.56. The van der Waals surface area contributed by atoms with Crippen molar-refractivity contribution in [1.29, 1.82) is 0 Å². The van der Waals surface area contributed by atoms with Crippen LogP contribution in [0.15, 0.2) is 36.4 Å². The summed E-state index contributed by atoms with van der Waals surface area (Å²) >= 11 is 0. The summed E-state index contributed by atoms with van der Waals surface area (Å²) in [7, 11) is 1.55. The quantitative estimate of drug-likeness (QED) is 0.940. The molecule has 0 aliphatic carbocycles. The van der Waals surface area contributed by atoms with Gasteiger partial charge in [-0.25, -0.2) is 4.39 Å². The lowest BCUT2D eigenvalue weighted by molar-refractivity contribution is 0.224. The lowest BCUT2D eigenvalue weighted by Gasteiger charge is -2.19. The fraction of sp³-hybridized carbons (Fsp3) is 0.312. The molecule has 1 aliphatic heterocycles. The van der Waals surface area contributed by atoms with Gasteiger partial charge in [0.15, 0.2) is 0 Å². The minimum atomic E-state index is -0.265. The number of hydrogen-bond donors (Lipinski definition) is 1. The van der Waals surface area contributed by atoms with E-state index in [-0.39, 0.29) is 11.9 Å². The van der Waals surface area contributed by atoms with Gasteiger partial charge in [0.1, 0.15) is 23.5 Å². The van der Waals surface area contributed by atoms with E-state index in [4.69, 9.17) is 15.2 Å². The molecule has 1 unspecified atom stereocenters. The van der Waals surface area contributed by atoms with Crippen LogP contribution in [0, 0.1) is 5.82 Å². The molecule has 6 heteroatoms. The standard InChI is InChI=1S/C16H18FN3O2/c1-21-16-14(18)6-7-15(19-16)20-9-8-13(10-20)22-12-4-2-11(17)3-5-12/h2-7,13H,8-10,18H2,1H3. The van der Waals surface area contributed by atoms with Gasteiger partial charge in [0.05, 0.1) is 19.3 Å². The molecule has 2 aromatic rings. The average molecular weight is 303 g/mol. The number of methoxy groups -OCH3 is 1. The van der Waals surface area contributed by atoms with E-state index in [2.05, 4.69) is 9.88 Å². The highest BCUT2D eigenvalue weighted by molar-refractivity contribution is 5.55. The highest BCUT2D eigenvalue weighted by Crippen LogP contribution is 2.26. The fourth-order valence-electron chi connectivity index (χ4n) is 2.52. The van der Waals surface area contributed by atoms with Crippen molar-refractivity contribution in [3.63, 3.8) is 0 Å². The minimum absolute atomic E-state index is 0.0517. The van der Waals surface area contributed by atoms with Gasteiger partial charge < -0.3 is 20.1 Å². The number of hydrogen-bond acceptors (Lipinski definition) is 5. The van der Waals surface area contributed by atoms with Crippen LogP contribution in [0.1, 0.15) is 6.42 Å². The Morgan fingerprint density at radius 2 is 2.00 bits per heavy atom. The molecule has 1 saturated heterocycles. The van der Waals surface area contributed by atoms with Crippen LogP contribution < -0.4 is 20.1 Å². The number of ether oxygens (including phenoxy) is 2. The van der Waals surface area contributed by atoms with Crippen molar-refractivity contribution in [2.45, 2.75) is 12.5 Å². The summed E-state index contributed by atoms with van der Waals surface area (Å²) in [4.78, 5) is 6.52. The Balaban J connectivity index is 1.65. The summed E-state index contributed by atoms with van der Waals surface area (Å²) < 4.78 is 23.9. The van der Waals surface area contributed by atoms with Crippen LogP contribution in [-0.2, 0) is 0 Å². The van der Waals surface area contributed by atoms with Crippen molar-refractivity contribution in [2.75, 3.05) is 30.8 Å². The second-order valence-corrected chi connectivity index (χ2v) is 5.20. The topological polar surface area (TPSA) is 60.6 Å². The molecule has 1 fully saturated rings. The molecular formula is C16H18FN3O2. The van der Waals surface area contributed by atoms with E-state index < -0.39 is 0 Å². The number of rotatable bonds is 4. The van der Waals surface area contributed by atoms with Crippen molar-refractivity contribution in [3.05, 3.63) is 42.2 Å². The van der Waals surface area contributed by atoms with Crippen molar-refractivity contribution in [2.24, 2.45) is 0 Å². The Hall–Kier alpha value is -2.50. The molecule has 5 nitrogen and oxygen atoms in total. The van der Waals surface area contributed by atoms with Gasteiger partial charge in [0, 0.05) is 13.0 Å². The second kappa shape index (κ2) is 6.09. The van der Waals surface area contributed by atoms with Crippen LogP contribution in [0.25, 0.3) is 0 Å². The SMILES string of the molecule is COc1nc(N2CCC(Oc3ccc(F)cc3)C2)ccc1N. The predicted molar refractivity (Wildman–Crippen MR) is 82.8 cm³/mol. The Bertz CT molecular complexity index is 648. The Morgan fingerprint density at radius 3 is 2.73 bits per heavy atom. The van der Waals surface area contributed by atoms with E-state index in [0.29, 0.717) is 17.3 Å². The molecule has 116 valence electrons. The van der Waals surface area contributed by atoms with E-state index in [1.807, 2.05) is 6.07 Å². The van der Waals surface area contributed by atoms with Gasteiger partial charge in [-0.15, -0.1) is 0 Å². The van der Waals surface area contributed by atoms with E-state index in [1.54, 1.807) is 25.3 Å². The number of anilines is 2. The smallest absolute Gasteiger partial charge is 0.238 e. The number of aromatic nitrogens is 1. The first-order valence-electron chi connectivity index (χ1n) is 7.13. The molecule has 0 saturated carbocycles. The molecule has 1 atom stereocenters. The Labute approximate surface area is 128 Å². The number of benzene rings is 1. The zero-order chi connectivity index (χ0) is 15.5. The first-order valence-corrected chi connectivity index (χ1v) is 7.13. The number of nitrogens with two attached hydrogens (primary N) is 1. The van der Waals surface area contributed by atoms with Gasteiger partial charge in [-0.2, -0.15) is 4.98 Å². The van der Waals surface area contributed by atoms with E-state index in [0.717, 1.165) is 25.3 Å².